The van der Waals surface area contributed by atoms with Crippen molar-refractivity contribution < 1.29 is 14.3 Å². The molecule has 0 saturated carbocycles. The van der Waals surface area contributed by atoms with E-state index in [9.17, 15) is 14.9 Å². The molecule has 1 saturated heterocycles. The number of nitriles is 1. The number of hydrogen-bond donors (Lipinski definition) is 2. The van der Waals surface area contributed by atoms with Crippen LogP contribution in [-0.4, -0.2) is 30.1 Å². The standard InChI is InChI=1S/C27H31Cl2N3O3/c1-25(2,3)15-21-27(16-30,18-8-10-19(28)11-9-18)23(17-6-5-7-20(29)14-17)26(4,32-21)24(34)35-13-12-22(31)33/h5-11,14,21,23,32H,12-13,15H2,1-4H3,(H2,31,33)/t21-,23-,26+,27-/m0/s1. The van der Waals surface area contributed by atoms with Gasteiger partial charge < -0.3 is 10.5 Å². The number of primary amides is 1. The van der Waals surface area contributed by atoms with Crippen LogP contribution in [0.15, 0.2) is 48.5 Å². The molecule has 3 rings (SSSR count). The van der Waals surface area contributed by atoms with E-state index in [0.717, 1.165) is 11.1 Å². The molecule has 4 atom stereocenters. The van der Waals surface area contributed by atoms with Gasteiger partial charge in [0.05, 0.1) is 12.5 Å². The average molecular weight is 516 g/mol. The molecule has 1 aliphatic rings. The number of nitrogens with one attached hydrogen (secondary N) is 1. The number of benzene rings is 2. The SMILES string of the molecule is CC(C)(C)C[C@@H]1N[C@@](C)(C(=O)OCCC(N)=O)[C@H](c2cccc(Cl)c2)[C@@]1(C#N)c1ccc(Cl)cc1. The Hall–Kier alpha value is -2.59. The number of carbonyl (C=O) groups excluding carboxylic acids is 2. The van der Waals surface area contributed by atoms with Gasteiger partial charge >= 0.3 is 5.97 Å². The van der Waals surface area contributed by atoms with Crippen molar-refractivity contribution in [1.29, 1.82) is 5.26 Å². The Labute approximate surface area is 216 Å². The molecule has 0 aromatic heterocycles. The average Bonchev–Trinajstić information content (AvgIpc) is 3.01. The number of ether oxygens (including phenoxy) is 1. The van der Waals surface area contributed by atoms with Gasteiger partial charge in [0.1, 0.15) is 17.6 Å². The van der Waals surface area contributed by atoms with Crippen LogP contribution in [0.3, 0.4) is 0 Å². The molecule has 2 aromatic rings. The summed E-state index contributed by atoms with van der Waals surface area (Å²) in [5, 5.41) is 15.4. The van der Waals surface area contributed by atoms with Crippen LogP contribution in [0.1, 0.15) is 57.6 Å². The summed E-state index contributed by atoms with van der Waals surface area (Å²) in [7, 11) is 0. The molecule has 8 heteroatoms. The molecule has 0 radical (unpaired) electrons. The molecule has 3 N–H and O–H groups in total. The third kappa shape index (κ3) is 5.48. The van der Waals surface area contributed by atoms with Crippen molar-refractivity contribution in [3.8, 4) is 6.07 Å². The molecular weight excluding hydrogens is 485 g/mol. The molecule has 1 aliphatic heterocycles. The van der Waals surface area contributed by atoms with Crippen LogP contribution in [0.5, 0.6) is 0 Å². The highest BCUT2D eigenvalue weighted by atomic mass is 35.5. The topological polar surface area (TPSA) is 105 Å². The van der Waals surface area contributed by atoms with E-state index < -0.39 is 34.8 Å². The fourth-order valence-electron chi connectivity index (χ4n) is 5.19. The minimum atomic E-state index is -1.30. The number of rotatable bonds is 7. The van der Waals surface area contributed by atoms with Gasteiger partial charge in [0, 0.05) is 22.0 Å². The fraction of sp³-hybridized carbons (Fsp3) is 0.444. The largest absolute Gasteiger partial charge is 0.464 e. The zero-order valence-electron chi connectivity index (χ0n) is 20.4. The lowest BCUT2D eigenvalue weighted by Gasteiger charge is -2.38. The first-order valence-electron chi connectivity index (χ1n) is 11.5. The first-order valence-corrected chi connectivity index (χ1v) is 12.2. The monoisotopic (exact) mass is 515 g/mol. The summed E-state index contributed by atoms with van der Waals surface area (Å²) in [6, 6.07) is 16.6. The summed E-state index contributed by atoms with van der Waals surface area (Å²) in [5.74, 6) is -1.78. The van der Waals surface area contributed by atoms with Crippen molar-refractivity contribution in [2.45, 2.75) is 63.5 Å². The van der Waals surface area contributed by atoms with E-state index >= 15 is 0 Å². The van der Waals surface area contributed by atoms with Crippen molar-refractivity contribution >= 4 is 35.1 Å². The number of carbonyl (C=O) groups is 2. The van der Waals surface area contributed by atoms with E-state index in [0.29, 0.717) is 16.5 Å². The summed E-state index contributed by atoms with van der Waals surface area (Å²) < 4.78 is 5.53. The minimum absolute atomic E-state index is 0.0877. The molecule has 1 heterocycles. The Balaban J connectivity index is 2.26. The Morgan fingerprint density at radius 3 is 2.34 bits per heavy atom. The normalized spacial score (nSPS) is 26.2. The molecule has 1 amide bonds. The lowest BCUT2D eigenvalue weighted by molar-refractivity contribution is -0.151. The molecule has 0 unspecified atom stereocenters. The third-order valence-corrected chi connectivity index (χ3v) is 7.05. The van der Waals surface area contributed by atoms with Crippen LogP contribution < -0.4 is 11.1 Å². The Kier molecular flexibility index (Phi) is 7.86. The summed E-state index contributed by atoms with van der Waals surface area (Å²) in [5.41, 5.74) is 4.09. The number of esters is 1. The van der Waals surface area contributed by atoms with Crippen LogP contribution in [-0.2, 0) is 19.7 Å². The molecule has 2 aromatic carbocycles. The maximum atomic E-state index is 13.6. The van der Waals surface area contributed by atoms with Crippen molar-refractivity contribution in [3.05, 3.63) is 69.7 Å². The molecule has 0 aliphatic carbocycles. The van der Waals surface area contributed by atoms with Crippen molar-refractivity contribution in [2.24, 2.45) is 11.1 Å². The summed E-state index contributed by atoms with van der Waals surface area (Å²) in [4.78, 5) is 24.8. The second-order valence-corrected chi connectivity index (χ2v) is 11.4. The van der Waals surface area contributed by atoms with E-state index in [-0.39, 0.29) is 18.4 Å². The first kappa shape index (κ1) is 27.0. The lowest BCUT2D eigenvalue weighted by Crippen LogP contribution is -2.51. The predicted octanol–water partition coefficient (Wildman–Crippen LogP) is 5.12. The van der Waals surface area contributed by atoms with Gasteiger partial charge in [-0.2, -0.15) is 5.26 Å². The smallest absolute Gasteiger partial charge is 0.326 e. The van der Waals surface area contributed by atoms with Gasteiger partial charge in [-0.25, -0.2) is 0 Å². The van der Waals surface area contributed by atoms with E-state index in [1.54, 1.807) is 37.3 Å². The summed E-state index contributed by atoms with van der Waals surface area (Å²) >= 11 is 12.6. The zero-order chi connectivity index (χ0) is 26.0. The van der Waals surface area contributed by atoms with Crippen LogP contribution in [0, 0.1) is 16.7 Å². The van der Waals surface area contributed by atoms with Crippen molar-refractivity contribution in [3.63, 3.8) is 0 Å². The van der Waals surface area contributed by atoms with Crippen molar-refractivity contribution in [1.82, 2.24) is 5.32 Å². The fourth-order valence-corrected chi connectivity index (χ4v) is 5.52. The first-order chi connectivity index (χ1) is 16.3. The molecule has 0 spiro atoms. The molecule has 35 heavy (non-hydrogen) atoms. The summed E-state index contributed by atoms with van der Waals surface area (Å²) in [6.45, 7) is 7.88. The van der Waals surface area contributed by atoms with E-state index in [4.69, 9.17) is 33.7 Å². The number of halogens is 2. The maximum Gasteiger partial charge on any atom is 0.326 e. The maximum absolute atomic E-state index is 13.6. The highest BCUT2D eigenvalue weighted by Gasteiger charge is 2.65. The molecular formula is C27H31Cl2N3O3. The van der Waals surface area contributed by atoms with Crippen LogP contribution in [0.2, 0.25) is 10.0 Å². The third-order valence-electron chi connectivity index (χ3n) is 6.57. The molecule has 6 nitrogen and oxygen atoms in total. The van der Waals surface area contributed by atoms with Gasteiger partial charge in [-0.3, -0.25) is 14.9 Å². The zero-order valence-corrected chi connectivity index (χ0v) is 21.9. The van der Waals surface area contributed by atoms with Gasteiger partial charge in [-0.05, 0) is 54.2 Å². The Morgan fingerprint density at radius 1 is 1.14 bits per heavy atom. The quantitative estimate of drug-likeness (QED) is 0.497. The second-order valence-electron chi connectivity index (χ2n) is 10.5. The van der Waals surface area contributed by atoms with Gasteiger partial charge in [0.15, 0.2) is 0 Å². The highest BCUT2D eigenvalue weighted by molar-refractivity contribution is 6.30. The van der Waals surface area contributed by atoms with E-state index in [2.05, 4.69) is 32.2 Å². The number of nitrogens with zero attached hydrogens (tertiary/aromatic N) is 1. The van der Waals surface area contributed by atoms with E-state index in [1.807, 2.05) is 18.2 Å². The van der Waals surface area contributed by atoms with Crippen LogP contribution in [0.4, 0.5) is 0 Å². The Bertz CT molecular complexity index is 1140. The van der Waals surface area contributed by atoms with Gasteiger partial charge in [-0.15, -0.1) is 0 Å². The second kappa shape index (κ2) is 10.2. The van der Waals surface area contributed by atoms with Gasteiger partial charge in [-0.1, -0.05) is 68.2 Å². The number of nitrogens with two attached hydrogens (primary N) is 1. The van der Waals surface area contributed by atoms with Gasteiger partial charge in [0.2, 0.25) is 5.91 Å². The highest BCUT2D eigenvalue weighted by Crippen LogP contribution is 2.55. The predicted molar refractivity (Wildman–Crippen MR) is 137 cm³/mol. The molecule has 0 bridgehead atoms. The van der Waals surface area contributed by atoms with Gasteiger partial charge in [0.25, 0.3) is 0 Å². The minimum Gasteiger partial charge on any atom is -0.464 e. The lowest BCUT2D eigenvalue weighted by atomic mass is 9.60. The molecule has 186 valence electrons. The Morgan fingerprint density at radius 2 is 1.80 bits per heavy atom. The summed E-state index contributed by atoms with van der Waals surface area (Å²) in [6.07, 6.45) is 0.514. The van der Waals surface area contributed by atoms with Crippen LogP contribution >= 0.6 is 23.2 Å². The van der Waals surface area contributed by atoms with Crippen LogP contribution in [0.25, 0.3) is 0 Å². The molecule has 1 fully saturated rings. The number of amides is 1. The van der Waals surface area contributed by atoms with Crippen molar-refractivity contribution in [2.75, 3.05) is 6.61 Å². The van der Waals surface area contributed by atoms with E-state index in [1.165, 1.54) is 0 Å². The number of hydrogen-bond acceptors (Lipinski definition) is 5.